The summed E-state index contributed by atoms with van der Waals surface area (Å²) < 4.78 is 20.2. The van der Waals surface area contributed by atoms with Crippen LogP contribution in [0.3, 0.4) is 0 Å². The molecule has 4 aromatic rings. The van der Waals surface area contributed by atoms with E-state index in [4.69, 9.17) is 14.9 Å². The van der Waals surface area contributed by atoms with Gasteiger partial charge in [0.1, 0.15) is 29.3 Å². The number of pyridine rings is 1. The third kappa shape index (κ3) is 6.23. The van der Waals surface area contributed by atoms with Crippen LogP contribution in [-0.4, -0.2) is 46.9 Å². The molecule has 2 fully saturated rings. The number of hydrogen-bond donors (Lipinski definition) is 4. The third-order valence-corrected chi connectivity index (χ3v) is 8.94. The number of carbonyl (C=O) groups is 1. The zero-order valence-corrected chi connectivity index (χ0v) is 25.4. The lowest BCUT2D eigenvalue weighted by molar-refractivity contribution is -0.124. The van der Waals surface area contributed by atoms with E-state index in [-0.39, 0.29) is 29.1 Å². The molecule has 0 spiro atoms. The quantitative estimate of drug-likeness (QED) is 0.110. The number of nitriles is 2. The van der Waals surface area contributed by atoms with Gasteiger partial charge in [0.05, 0.1) is 12.7 Å². The van der Waals surface area contributed by atoms with Crippen LogP contribution >= 0.6 is 0 Å². The maximum Gasteiger partial charge on any atom is 0.267 e. The average molecular weight is 631 g/mol. The van der Waals surface area contributed by atoms with Gasteiger partial charge in [-0.3, -0.25) is 10.0 Å². The van der Waals surface area contributed by atoms with Crippen LogP contribution in [-0.2, 0) is 11.3 Å². The van der Waals surface area contributed by atoms with Crippen molar-refractivity contribution in [3.05, 3.63) is 101 Å². The number of hydroxylamine groups is 1. The number of amides is 1. The fourth-order valence-corrected chi connectivity index (χ4v) is 6.62. The van der Waals surface area contributed by atoms with Gasteiger partial charge in [0.25, 0.3) is 5.91 Å². The minimum atomic E-state index is -0.684. The number of aromatic hydroxyl groups is 1. The summed E-state index contributed by atoms with van der Waals surface area (Å²) >= 11 is 0. The third-order valence-electron chi connectivity index (χ3n) is 8.94. The summed E-state index contributed by atoms with van der Waals surface area (Å²) in [5.74, 6) is -0.197. The van der Waals surface area contributed by atoms with Gasteiger partial charge in [-0.2, -0.15) is 10.5 Å². The topological polar surface area (TPSA) is 155 Å². The van der Waals surface area contributed by atoms with Crippen LogP contribution in [0.4, 0.5) is 10.2 Å². The SMILES string of the molecule is COc1cc(-c2cnc(N3CC4CC3CC4NCc3ccc(/C=C/C(=O)NO)cc3)c(C#N)c2-c2ccc(C#N)c(F)c2)ccc1O. The Bertz CT molecular complexity index is 1950. The van der Waals surface area contributed by atoms with Crippen molar-refractivity contribution in [2.75, 3.05) is 18.6 Å². The molecule has 3 atom stereocenters. The standard InChI is InChI=1S/C36H31FN6O4/c1-47-33-14-23(9-10-32(33)44)29-19-41-36(28(17-39)35(29)24-7-8-25(16-38)30(37)13-24)43-20-26-12-27(43)15-31(26)40-18-22-4-2-21(3-5-22)6-11-34(45)42-46/h2-11,13-14,19,26-27,31,40,44,46H,12,15,18,20H2,1H3,(H,42,45)/b11-6+. The van der Waals surface area contributed by atoms with E-state index in [0.717, 1.165) is 24.0 Å². The Morgan fingerprint density at radius 1 is 1.11 bits per heavy atom. The molecule has 3 unspecified atom stereocenters. The van der Waals surface area contributed by atoms with Gasteiger partial charge in [0.2, 0.25) is 0 Å². The Kier molecular flexibility index (Phi) is 8.85. The molecule has 1 aliphatic carbocycles. The summed E-state index contributed by atoms with van der Waals surface area (Å²) in [7, 11) is 1.44. The lowest BCUT2D eigenvalue weighted by atomic mass is 9.91. The second-order valence-electron chi connectivity index (χ2n) is 11.6. The smallest absolute Gasteiger partial charge is 0.267 e. The number of methoxy groups -OCH3 is 1. The maximum atomic E-state index is 14.9. The number of phenols is 1. The molecule has 2 heterocycles. The number of nitrogens with one attached hydrogen (secondary N) is 2. The summed E-state index contributed by atoms with van der Waals surface area (Å²) in [5.41, 5.74) is 5.84. The molecule has 1 saturated heterocycles. The van der Waals surface area contributed by atoms with E-state index in [1.807, 2.05) is 30.3 Å². The molecular weight excluding hydrogens is 599 g/mol. The Labute approximate surface area is 270 Å². The Morgan fingerprint density at radius 3 is 2.55 bits per heavy atom. The summed E-state index contributed by atoms with van der Waals surface area (Å²) in [4.78, 5) is 18.2. The first kappa shape index (κ1) is 31.2. The number of piperidine rings is 1. The van der Waals surface area contributed by atoms with Gasteiger partial charge in [-0.05, 0) is 71.4 Å². The van der Waals surface area contributed by atoms with Gasteiger partial charge >= 0.3 is 0 Å². The number of anilines is 1. The van der Waals surface area contributed by atoms with Crippen molar-refractivity contribution in [3.8, 4) is 45.9 Å². The zero-order valence-electron chi connectivity index (χ0n) is 25.4. The van der Waals surface area contributed by atoms with E-state index < -0.39 is 11.7 Å². The first-order valence-electron chi connectivity index (χ1n) is 15.0. The number of fused-ring (bicyclic) bond motifs is 2. The van der Waals surface area contributed by atoms with E-state index in [1.54, 1.807) is 36.0 Å². The molecule has 6 rings (SSSR count). The minimum absolute atomic E-state index is 0.0394. The molecule has 2 bridgehead atoms. The van der Waals surface area contributed by atoms with E-state index in [2.05, 4.69) is 16.3 Å². The molecule has 47 heavy (non-hydrogen) atoms. The predicted octanol–water partition coefficient (Wildman–Crippen LogP) is 5.29. The average Bonchev–Trinajstić information content (AvgIpc) is 3.71. The number of rotatable bonds is 9. The van der Waals surface area contributed by atoms with Gasteiger partial charge in [-0.1, -0.05) is 36.4 Å². The second kappa shape index (κ2) is 13.3. The van der Waals surface area contributed by atoms with Crippen LogP contribution in [0.5, 0.6) is 11.5 Å². The fourth-order valence-electron chi connectivity index (χ4n) is 6.62. The highest BCUT2D eigenvalue weighted by atomic mass is 19.1. The van der Waals surface area contributed by atoms with E-state index >= 15 is 0 Å². The normalized spacial score (nSPS) is 18.2. The minimum Gasteiger partial charge on any atom is -0.504 e. The Hall–Kier alpha value is -5.75. The number of phenolic OH excluding ortho intramolecular Hbond substituents is 1. The van der Waals surface area contributed by atoms with Gasteiger partial charge in [0.15, 0.2) is 11.5 Å². The lowest BCUT2D eigenvalue weighted by Crippen LogP contribution is -2.44. The summed E-state index contributed by atoms with van der Waals surface area (Å²) in [6, 6.07) is 21.6. The summed E-state index contributed by atoms with van der Waals surface area (Å²) in [6.07, 6.45) is 6.35. The molecule has 0 radical (unpaired) electrons. The van der Waals surface area contributed by atoms with Gasteiger partial charge in [-0.15, -0.1) is 0 Å². The summed E-state index contributed by atoms with van der Waals surface area (Å²) in [6.45, 7) is 1.38. The van der Waals surface area contributed by atoms with Crippen LogP contribution in [0.1, 0.15) is 35.1 Å². The molecular formula is C36H31FN6O4. The van der Waals surface area contributed by atoms with Crippen molar-refractivity contribution in [2.45, 2.75) is 31.5 Å². The van der Waals surface area contributed by atoms with Crippen molar-refractivity contribution >= 4 is 17.8 Å². The van der Waals surface area contributed by atoms with Crippen LogP contribution in [0.15, 0.2) is 72.9 Å². The van der Waals surface area contributed by atoms with Crippen molar-refractivity contribution in [1.82, 2.24) is 15.8 Å². The molecule has 10 nitrogen and oxygen atoms in total. The lowest BCUT2D eigenvalue weighted by Gasteiger charge is -2.34. The highest BCUT2D eigenvalue weighted by molar-refractivity contribution is 5.91. The van der Waals surface area contributed by atoms with Gasteiger partial charge in [-0.25, -0.2) is 14.9 Å². The summed E-state index contributed by atoms with van der Waals surface area (Å²) in [5, 5.41) is 42.4. The molecule has 1 aliphatic heterocycles. The number of hydrogen-bond acceptors (Lipinski definition) is 9. The van der Waals surface area contributed by atoms with Crippen molar-refractivity contribution in [3.63, 3.8) is 0 Å². The van der Waals surface area contributed by atoms with Crippen molar-refractivity contribution < 1.29 is 24.2 Å². The van der Waals surface area contributed by atoms with E-state index in [1.165, 1.54) is 31.4 Å². The fraction of sp³-hybridized carbons (Fsp3) is 0.222. The molecule has 2 aliphatic rings. The van der Waals surface area contributed by atoms with Gasteiger partial charge in [0, 0.05) is 48.6 Å². The largest absolute Gasteiger partial charge is 0.504 e. The Morgan fingerprint density at radius 2 is 1.89 bits per heavy atom. The zero-order chi connectivity index (χ0) is 33.1. The first-order valence-corrected chi connectivity index (χ1v) is 15.0. The molecule has 1 saturated carbocycles. The van der Waals surface area contributed by atoms with Crippen LogP contribution < -0.4 is 20.4 Å². The molecule has 1 aromatic heterocycles. The van der Waals surface area contributed by atoms with Crippen LogP contribution in [0, 0.1) is 34.4 Å². The number of aromatic nitrogens is 1. The molecule has 11 heteroatoms. The molecule has 4 N–H and O–H groups in total. The van der Waals surface area contributed by atoms with Crippen LogP contribution in [0.2, 0.25) is 0 Å². The maximum absolute atomic E-state index is 14.9. The molecule has 236 valence electrons. The number of benzene rings is 3. The van der Waals surface area contributed by atoms with Crippen molar-refractivity contribution in [2.24, 2.45) is 5.92 Å². The number of ether oxygens (including phenoxy) is 1. The highest BCUT2D eigenvalue weighted by Crippen LogP contribution is 2.45. The van der Waals surface area contributed by atoms with E-state index in [0.29, 0.717) is 52.6 Å². The highest BCUT2D eigenvalue weighted by Gasteiger charge is 2.45. The van der Waals surface area contributed by atoms with E-state index in [9.17, 15) is 24.8 Å². The first-order chi connectivity index (χ1) is 22.8. The van der Waals surface area contributed by atoms with Crippen molar-refractivity contribution in [1.29, 1.82) is 10.5 Å². The number of nitrogens with zero attached hydrogens (tertiary/aromatic N) is 4. The number of halogens is 1. The molecule has 1 amide bonds. The monoisotopic (exact) mass is 630 g/mol. The molecule has 3 aromatic carbocycles. The predicted molar refractivity (Wildman–Crippen MR) is 173 cm³/mol. The number of carbonyl (C=O) groups excluding carboxylic acids is 1. The Balaban J connectivity index is 1.26. The van der Waals surface area contributed by atoms with Crippen LogP contribution in [0.25, 0.3) is 28.3 Å². The van der Waals surface area contributed by atoms with Gasteiger partial charge < -0.3 is 20.1 Å². The second-order valence-corrected chi connectivity index (χ2v) is 11.6.